The van der Waals surface area contributed by atoms with Gasteiger partial charge in [0.25, 0.3) is 0 Å². The SMILES string of the molecule is Cc1ccc(CCC2CCN([C@@H]3CCOC3=O)CC2)cc1. The third-order valence-corrected chi connectivity index (χ3v) is 4.96. The third kappa shape index (κ3) is 3.65. The molecule has 1 atom stereocenters. The Morgan fingerprint density at radius 3 is 2.48 bits per heavy atom. The molecule has 2 saturated heterocycles. The number of hydrogen-bond acceptors (Lipinski definition) is 3. The molecule has 0 saturated carbocycles. The summed E-state index contributed by atoms with van der Waals surface area (Å²) in [7, 11) is 0. The summed E-state index contributed by atoms with van der Waals surface area (Å²) in [5.41, 5.74) is 2.78. The number of aryl methyl sites for hydroxylation is 2. The molecule has 0 N–H and O–H groups in total. The van der Waals surface area contributed by atoms with Crippen molar-refractivity contribution in [1.29, 1.82) is 0 Å². The van der Waals surface area contributed by atoms with Crippen molar-refractivity contribution in [2.45, 2.75) is 45.1 Å². The first-order chi connectivity index (χ1) is 10.2. The number of likely N-dealkylation sites (tertiary alicyclic amines) is 1. The second-order valence-electron chi connectivity index (χ2n) is 6.48. The van der Waals surface area contributed by atoms with Gasteiger partial charge in [-0.15, -0.1) is 0 Å². The van der Waals surface area contributed by atoms with Crippen LogP contribution in [0.15, 0.2) is 24.3 Å². The maximum absolute atomic E-state index is 11.6. The van der Waals surface area contributed by atoms with Crippen LogP contribution < -0.4 is 0 Å². The Bertz CT molecular complexity index is 474. The molecular formula is C18H25NO2. The minimum absolute atomic E-state index is 0.00638. The van der Waals surface area contributed by atoms with Crippen LogP contribution in [0.1, 0.15) is 36.8 Å². The fraction of sp³-hybridized carbons (Fsp3) is 0.611. The summed E-state index contributed by atoms with van der Waals surface area (Å²) >= 11 is 0. The zero-order chi connectivity index (χ0) is 14.7. The molecule has 0 radical (unpaired) electrons. The number of piperidine rings is 1. The van der Waals surface area contributed by atoms with E-state index in [0.29, 0.717) is 6.61 Å². The summed E-state index contributed by atoms with van der Waals surface area (Å²) in [6.07, 6.45) is 5.76. The maximum atomic E-state index is 11.6. The highest BCUT2D eigenvalue weighted by atomic mass is 16.5. The number of cyclic esters (lactones) is 1. The molecule has 21 heavy (non-hydrogen) atoms. The van der Waals surface area contributed by atoms with E-state index in [2.05, 4.69) is 36.1 Å². The number of esters is 1. The predicted octanol–water partition coefficient (Wildman–Crippen LogP) is 2.96. The Kier molecular flexibility index (Phi) is 4.59. The van der Waals surface area contributed by atoms with Crippen LogP contribution in [-0.4, -0.2) is 36.6 Å². The number of carbonyl (C=O) groups is 1. The predicted molar refractivity (Wildman–Crippen MR) is 83.2 cm³/mol. The summed E-state index contributed by atoms with van der Waals surface area (Å²) in [6.45, 7) is 4.85. The average Bonchev–Trinajstić information content (AvgIpc) is 2.93. The highest BCUT2D eigenvalue weighted by molar-refractivity contribution is 5.77. The minimum atomic E-state index is -0.00638. The van der Waals surface area contributed by atoms with E-state index in [9.17, 15) is 4.79 Å². The van der Waals surface area contributed by atoms with Crippen molar-refractivity contribution in [2.24, 2.45) is 5.92 Å². The third-order valence-electron chi connectivity index (χ3n) is 4.96. The summed E-state index contributed by atoms with van der Waals surface area (Å²) in [6, 6.07) is 8.94. The number of carbonyl (C=O) groups excluding carboxylic acids is 1. The van der Waals surface area contributed by atoms with Crippen LogP contribution >= 0.6 is 0 Å². The van der Waals surface area contributed by atoms with Gasteiger partial charge in [0, 0.05) is 6.42 Å². The molecule has 2 aliphatic heterocycles. The molecule has 2 fully saturated rings. The van der Waals surface area contributed by atoms with Gasteiger partial charge in [-0.25, -0.2) is 0 Å². The van der Waals surface area contributed by atoms with Gasteiger partial charge in [-0.1, -0.05) is 29.8 Å². The molecule has 0 amide bonds. The molecule has 3 rings (SSSR count). The lowest BCUT2D eigenvalue weighted by atomic mass is 9.89. The van der Waals surface area contributed by atoms with Crippen LogP contribution in [0.5, 0.6) is 0 Å². The molecule has 0 unspecified atom stereocenters. The number of benzene rings is 1. The molecule has 3 nitrogen and oxygen atoms in total. The first-order valence-electron chi connectivity index (χ1n) is 8.18. The summed E-state index contributed by atoms with van der Waals surface area (Å²) < 4.78 is 5.08. The molecule has 3 heteroatoms. The van der Waals surface area contributed by atoms with Gasteiger partial charge in [-0.2, -0.15) is 0 Å². The van der Waals surface area contributed by atoms with Crippen LogP contribution in [-0.2, 0) is 16.0 Å². The first-order valence-corrected chi connectivity index (χ1v) is 8.18. The summed E-state index contributed by atoms with van der Waals surface area (Å²) in [4.78, 5) is 14.0. The zero-order valence-corrected chi connectivity index (χ0v) is 12.9. The normalized spacial score (nSPS) is 24.2. The van der Waals surface area contributed by atoms with Crippen LogP contribution in [0.2, 0.25) is 0 Å². The smallest absolute Gasteiger partial charge is 0.323 e. The van der Waals surface area contributed by atoms with Crippen molar-refractivity contribution in [1.82, 2.24) is 4.90 Å². The minimum Gasteiger partial charge on any atom is -0.464 e. The highest BCUT2D eigenvalue weighted by Gasteiger charge is 2.34. The molecule has 2 heterocycles. The Labute approximate surface area is 127 Å². The van der Waals surface area contributed by atoms with E-state index in [1.165, 1.54) is 36.8 Å². The number of hydrogen-bond donors (Lipinski definition) is 0. The Morgan fingerprint density at radius 1 is 1.14 bits per heavy atom. The largest absolute Gasteiger partial charge is 0.464 e. The van der Waals surface area contributed by atoms with Crippen molar-refractivity contribution in [3.63, 3.8) is 0 Å². The molecule has 114 valence electrons. The topological polar surface area (TPSA) is 29.5 Å². The molecule has 0 spiro atoms. The van der Waals surface area contributed by atoms with Crippen molar-refractivity contribution in [3.05, 3.63) is 35.4 Å². The molecule has 0 aromatic heterocycles. The van der Waals surface area contributed by atoms with E-state index >= 15 is 0 Å². The van der Waals surface area contributed by atoms with Gasteiger partial charge in [-0.05, 0) is 57.2 Å². The summed E-state index contributed by atoms with van der Waals surface area (Å²) in [5.74, 6) is 0.799. The Morgan fingerprint density at radius 2 is 1.86 bits per heavy atom. The second-order valence-corrected chi connectivity index (χ2v) is 6.48. The number of nitrogens with zero attached hydrogens (tertiary/aromatic N) is 1. The molecule has 0 aliphatic carbocycles. The standard InChI is InChI=1S/C18H25NO2/c1-14-2-4-15(5-3-14)6-7-16-8-11-19(12-9-16)17-10-13-21-18(17)20/h2-5,16-17H,6-13H2,1H3/t17-/m1/s1. The van der Waals surface area contributed by atoms with E-state index < -0.39 is 0 Å². The molecule has 1 aromatic rings. The van der Waals surface area contributed by atoms with Gasteiger partial charge in [-0.3, -0.25) is 9.69 Å². The van der Waals surface area contributed by atoms with Crippen molar-refractivity contribution in [3.8, 4) is 0 Å². The van der Waals surface area contributed by atoms with E-state index in [-0.39, 0.29) is 12.0 Å². The molecule has 1 aromatic carbocycles. The second kappa shape index (κ2) is 6.61. The van der Waals surface area contributed by atoms with Crippen molar-refractivity contribution < 1.29 is 9.53 Å². The Balaban J connectivity index is 1.43. The van der Waals surface area contributed by atoms with Gasteiger partial charge >= 0.3 is 5.97 Å². The molecule has 0 bridgehead atoms. The van der Waals surface area contributed by atoms with E-state index in [1.807, 2.05) is 0 Å². The molecule has 2 aliphatic rings. The quantitative estimate of drug-likeness (QED) is 0.797. The average molecular weight is 287 g/mol. The maximum Gasteiger partial charge on any atom is 0.323 e. The monoisotopic (exact) mass is 287 g/mol. The van der Waals surface area contributed by atoms with Crippen molar-refractivity contribution >= 4 is 5.97 Å². The lowest BCUT2D eigenvalue weighted by Crippen LogP contribution is -2.43. The van der Waals surface area contributed by atoms with Crippen LogP contribution in [0, 0.1) is 12.8 Å². The fourth-order valence-electron chi connectivity index (χ4n) is 3.50. The van der Waals surface area contributed by atoms with E-state index in [4.69, 9.17) is 4.74 Å². The first kappa shape index (κ1) is 14.6. The van der Waals surface area contributed by atoms with E-state index in [1.54, 1.807) is 0 Å². The van der Waals surface area contributed by atoms with Crippen LogP contribution in [0.25, 0.3) is 0 Å². The lowest BCUT2D eigenvalue weighted by Gasteiger charge is -2.34. The van der Waals surface area contributed by atoms with Gasteiger partial charge < -0.3 is 4.74 Å². The highest BCUT2D eigenvalue weighted by Crippen LogP contribution is 2.26. The van der Waals surface area contributed by atoms with Gasteiger partial charge in [0.05, 0.1) is 6.61 Å². The number of ether oxygens (including phenoxy) is 1. The fourth-order valence-corrected chi connectivity index (χ4v) is 3.50. The van der Waals surface area contributed by atoms with Gasteiger partial charge in [0.15, 0.2) is 0 Å². The zero-order valence-electron chi connectivity index (χ0n) is 12.9. The van der Waals surface area contributed by atoms with Gasteiger partial charge in [0.1, 0.15) is 6.04 Å². The molecular weight excluding hydrogens is 262 g/mol. The lowest BCUT2D eigenvalue weighted by molar-refractivity contribution is -0.142. The van der Waals surface area contributed by atoms with E-state index in [0.717, 1.165) is 25.4 Å². The van der Waals surface area contributed by atoms with Crippen molar-refractivity contribution in [2.75, 3.05) is 19.7 Å². The number of rotatable bonds is 4. The van der Waals surface area contributed by atoms with Gasteiger partial charge in [0.2, 0.25) is 0 Å². The van der Waals surface area contributed by atoms with Crippen LogP contribution in [0.4, 0.5) is 0 Å². The van der Waals surface area contributed by atoms with Crippen LogP contribution in [0.3, 0.4) is 0 Å². The summed E-state index contributed by atoms with van der Waals surface area (Å²) in [5, 5.41) is 0. The Hall–Kier alpha value is -1.35.